The number of nitrogens with zero attached hydrogens (tertiary/aromatic N) is 1. The van der Waals surface area contributed by atoms with Gasteiger partial charge < -0.3 is 10.8 Å². The van der Waals surface area contributed by atoms with Gasteiger partial charge in [-0.2, -0.15) is 5.10 Å². The lowest BCUT2D eigenvalue weighted by molar-refractivity contribution is -0.135. The largest absolute Gasteiger partial charge is 0.481 e. The van der Waals surface area contributed by atoms with Crippen LogP contribution in [0.25, 0.3) is 0 Å². The second kappa shape index (κ2) is 3.63. The molecule has 1 aromatic heterocycles. The molecule has 0 saturated heterocycles. The first-order chi connectivity index (χ1) is 6.11. The van der Waals surface area contributed by atoms with E-state index >= 15 is 0 Å². The summed E-state index contributed by atoms with van der Waals surface area (Å²) in [5, 5.41) is 14.7. The molecule has 0 amide bonds. The predicted octanol–water partition coefficient (Wildman–Crippen LogP) is 0.127. The van der Waals surface area contributed by atoms with Crippen molar-refractivity contribution >= 4 is 11.8 Å². The lowest BCUT2D eigenvalue weighted by Crippen LogP contribution is -1.91. The minimum atomic E-state index is -0.952. The number of aryl methyl sites for hydroxylation is 1. The van der Waals surface area contributed by atoms with Crippen molar-refractivity contribution in [1.29, 1.82) is 0 Å². The van der Waals surface area contributed by atoms with Gasteiger partial charge in [-0.3, -0.25) is 9.89 Å². The summed E-state index contributed by atoms with van der Waals surface area (Å²) in [6, 6.07) is 0. The molecule has 1 rings (SSSR count). The van der Waals surface area contributed by atoms with E-state index in [4.69, 9.17) is 10.8 Å². The normalized spacial score (nSPS) is 9.00. The van der Waals surface area contributed by atoms with Gasteiger partial charge in [-0.25, -0.2) is 0 Å². The van der Waals surface area contributed by atoms with Crippen molar-refractivity contribution in [3.63, 3.8) is 0 Å². The first-order valence-electron chi connectivity index (χ1n) is 3.62. The van der Waals surface area contributed by atoms with Crippen LogP contribution in [0.2, 0.25) is 0 Å². The van der Waals surface area contributed by atoms with Gasteiger partial charge in [0.15, 0.2) is 5.82 Å². The fourth-order valence-corrected chi connectivity index (χ4v) is 0.814. The summed E-state index contributed by atoms with van der Waals surface area (Å²) < 4.78 is 0. The Morgan fingerprint density at radius 3 is 2.92 bits per heavy atom. The van der Waals surface area contributed by atoms with Gasteiger partial charge in [-0.05, 0) is 6.92 Å². The number of aromatic nitrogens is 2. The molecule has 68 valence electrons. The molecule has 0 bridgehead atoms. The van der Waals surface area contributed by atoms with E-state index in [9.17, 15) is 4.79 Å². The minimum Gasteiger partial charge on any atom is -0.481 e. The number of nitrogen functional groups attached to an aromatic ring is 1. The van der Waals surface area contributed by atoms with E-state index in [1.807, 2.05) is 0 Å². The lowest BCUT2D eigenvalue weighted by atomic mass is 10.2. The van der Waals surface area contributed by atoms with Crippen LogP contribution < -0.4 is 5.73 Å². The topological polar surface area (TPSA) is 92.0 Å². The second-order valence-electron chi connectivity index (χ2n) is 2.48. The van der Waals surface area contributed by atoms with E-state index in [1.165, 1.54) is 0 Å². The van der Waals surface area contributed by atoms with Crippen molar-refractivity contribution in [2.24, 2.45) is 0 Å². The SMILES string of the molecule is Cc1[nH]nc(N)c1C#CCC(=O)O. The van der Waals surface area contributed by atoms with Crippen LogP contribution in [0, 0.1) is 18.8 Å². The molecule has 0 spiro atoms. The molecule has 0 aliphatic rings. The average Bonchev–Trinajstić information content (AvgIpc) is 2.34. The van der Waals surface area contributed by atoms with Gasteiger partial charge in [0.25, 0.3) is 0 Å². The summed E-state index contributed by atoms with van der Waals surface area (Å²) in [6.07, 6.45) is -0.190. The Bertz CT molecular complexity index is 364. The van der Waals surface area contributed by atoms with Crippen molar-refractivity contribution in [2.75, 3.05) is 5.73 Å². The average molecular weight is 179 g/mol. The van der Waals surface area contributed by atoms with Crippen molar-refractivity contribution < 1.29 is 9.90 Å². The van der Waals surface area contributed by atoms with Gasteiger partial charge in [-0.1, -0.05) is 11.8 Å². The molecule has 0 unspecified atom stereocenters. The van der Waals surface area contributed by atoms with Crippen LogP contribution in [0.3, 0.4) is 0 Å². The van der Waals surface area contributed by atoms with Gasteiger partial charge in [0, 0.05) is 5.69 Å². The number of carboxylic acid groups (broad SMARTS) is 1. The van der Waals surface area contributed by atoms with E-state index in [2.05, 4.69) is 22.0 Å². The molecule has 0 aromatic carbocycles. The standard InChI is InChI=1S/C8H9N3O2/c1-5-6(8(9)11-10-5)3-2-4-7(12)13/h4H2,1H3,(H,12,13)(H3,9,10,11). The molecular formula is C8H9N3O2. The Labute approximate surface area is 74.9 Å². The summed E-state index contributed by atoms with van der Waals surface area (Å²) in [5.74, 6) is 4.47. The predicted molar refractivity (Wildman–Crippen MR) is 46.9 cm³/mol. The highest BCUT2D eigenvalue weighted by Gasteiger charge is 2.02. The number of nitrogens with one attached hydrogen (secondary N) is 1. The first-order valence-corrected chi connectivity index (χ1v) is 3.62. The van der Waals surface area contributed by atoms with Crippen LogP contribution in [-0.4, -0.2) is 21.3 Å². The molecule has 1 heterocycles. The third-order valence-corrected chi connectivity index (χ3v) is 1.43. The van der Waals surface area contributed by atoms with E-state index in [0.29, 0.717) is 11.4 Å². The Morgan fingerprint density at radius 2 is 2.46 bits per heavy atom. The third kappa shape index (κ3) is 2.24. The molecule has 13 heavy (non-hydrogen) atoms. The highest BCUT2D eigenvalue weighted by Crippen LogP contribution is 2.09. The zero-order valence-electron chi connectivity index (χ0n) is 7.09. The molecule has 0 radical (unpaired) electrons. The number of hydrogen-bond acceptors (Lipinski definition) is 3. The number of aliphatic carboxylic acids is 1. The molecule has 0 aliphatic carbocycles. The van der Waals surface area contributed by atoms with Gasteiger partial charge in [0.2, 0.25) is 0 Å². The molecule has 0 fully saturated rings. The molecule has 0 aliphatic heterocycles. The zero-order valence-corrected chi connectivity index (χ0v) is 7.09. The maximum absolute atomic E-state index is 10.1. The molecular weight excluding hydrogens is 170 g/mol. The number of hydrogen-bond donors (Lipinski definition) is 3. The van der Waals surface area contributed by atoms with E-state index in [1.54, 1.807) is 6.92 Å². The fourth-order valence-electron chi connectivity index (χ4n) is 0.814. The number of carbonyl (C=O) groups is 1. The van der Waals surface area contributed by atoms with Gasteiger partial charge >= 0.3 is 5.97 Å². The number of anilines is 1. The van der Waals surface area contributed by atoms with Crippen LogP contribution in [0.15, 0.2) is 0 Å². The first kappa shape index (κ1) is 9.13. The van der Waals surface area contributed by atoms with Gasteiger partial charge in [-0.15, -0.1) is 0 Å². The summed E-state index contributed by atoms with van der Waals surface area (Å²) in [4.78, 5) is 10.1. The van der Waals surface area contributed by atoms with Crippen LogP contribution in [0.4, 0.5) is 5.82 Å². The molecule has 1 aromatic rings. The minimum absolute atomic E-state index is 0.190. The molecule has 5 nitrogen and oxygen atoms in total. The molecule has 5 heteroatoms. The number of H-pyrrole nitrogens is 1. The van der Waals surface area contributed by atoms with E-state index in [-0.39, 0.29) is 6.42 Å². The van der Waals surface area contributed by atoms with E-state index in [0.717, 1.165) is 5.69 Å². The Hall–Kier alpha value is -1.96. The Balaban J connectivity index is 2.82. The smallest absolute Gasteiger partial charge is 0.315 e. The van der Waals surface area contributed by atoms with E-state index < -0.39 is 5.97 Å². The summed E-state index contributed by atoms with van der Waals surface area (Å²) >= 11 is 0. The highest BCUT2D eigenvalue weighted by molar-refractivity contribution is 5.70. The quantitative estimate of drug-likeness (QED) is 0.534. The van der Waals surface area contributed by atoms with Crippen LogP contribution in [-0.2, 0) is 4.79 Å². The number of rotatable bonds is 1. The maximum Gasteiger partial charge on any atom is 0.315 e. The number of nitrogens with two attached hydrogens (primary N) is 1. The number of aromatic amines is 1. The van der Waals surface area contributed by atoms with Crippen LogP contribution in [0.1, 0.15) is 17.7 Å². The number of carboxylic acids is 1. The monoisotopic (exact) mass is 179 g/mol. The van der Waals surface area contributed by atoms with Crippen LogP contribution >= 0.6 is 0 Å². The van der Waals surface area contributed by atoms with Crippen molar-refractivity contribution in [2.45, 2.75) is 13.3 Å². The zero-order chi connectivity index (χ0) is 9.84. The Morgan fingerprint density at radius 1 is 1.77 bits per heavy atom. The van der Waals surface area contributed by atoms with Gasteiger partial charge in [0.05, 0.1) is 5.56 Å². The third-order valence-electron chi connectivity index (χ3n) is 1.43. The summed E-state index contributed by atoms with van der Waals surface area (Å²) in [7, 11) is 0. The highest BCUT2D eigenvalue weighted by atomic mass is 16.4. The summed E-state index contributed by atoms with van der Waals surface area (Å²) in [6.45, 7) is 1.77. The van der Waals surface area contributed by atoms with Crippen molar-refractivity contribution in [3.8, 4) is 11.8 Å². The van der Waals surface area contributed by atoms with Crippen molar-refractivity contribution in [1.82, 2.24) is 10.2 Å². The Kier molecular flexibility index (Phi) is 2.55. The summed E-state index contributed by atoms with van der Waals surface area (Å²) in [5.41, 5.74) is 6.78. The lowest BCUT2D eigenvalue weighted by Gasteiger charge is -1.86. The van der Waals surface area contributed by atoms with Gasteiger partial charge in [0.1, 0.15) is 6.42 Å². The molecule has 4 N–H and O–H groups in total. The molecule has 0 saturated carbocycles. The molecule has 0 atom stereocenters. The van der Waals surface area contributed by atoms with Crippen molar-refractivity contribution in [3.05, 3.63) is 11.3 Å². The second-order valence-corrected chi connectivity index (χ2v) is 2.48. The maximum atomic E-state index is 10.1. The fraction of sp³-hybridized carbons (Fsp3) is 0.250. The van der Waals surface area contributed by atoms with Crippen LogP contribution in [0.5, 0.6) is 0 Å².